The van der Waals surface area contributed by atoms with Gasteiger partial charge in [0, 0.05) is 48.9 Å². The zero-order valence-electron chi connectivity index (χ0n) is 18.3. The molecule has 1 aromatic carbocycles. The van der Waals surface area contributed by atoms with Gasteiger partial charge in [-0.1, -0.05) is 0 Å². The van der Waals surface area contributed by atoms with Gasteiger partial charge in [-0.25, -0.2) is 15.0 Å². The van der Waals surface area contributed by atoms with E-state index in [4.69, 9.17) is 4.74 Å². The normalized spacial score (nSPS) is 14.2. The summed E-state index contributed by atoms with van der Waals surface area (Å²) in [6.45, 7) is 10.7. The summed E-state index contributed by atoms with van der Waals surface area (Å²) in [5, 5.41) is 2.68. The monoisotopic (exact) mass is 437 g/mol. The fourth-order valence-corrected chi connectivity index (χ4v) is 4.41. The average Bonchev–Trinajstić information content (AvgIpc) is 3.23. The maximum absolute atomic E-state index is 13.0. The summed E-state index contributed by atoms with van der Waals surface area (Å²) < 4.78 is 5.69. The van der Waals surface area contributed by atoms with Crippen molar-refractivity contribution in [2.24, 2.45) is 0 Å². The number of aryl methyl sites for hydroxylation is 2. The van der Waals surface area contributed by atoms with Crippen molar-refractivity contribution < 1.29 is 9.53 Å². The number of nitrogens with zero attached hydrogens (tertiary/aromatic N) is 5. The first-order valence-electron chi connectivity index (χ1n) is 10.5. The molecule has 7 nitrogen and oxygen atoms in total. The van der Waals surface area contributed by atoms with Crippen molar-refractivity contribution in [1.29, 1.82) is 0 Å². The van der Waals surface area contributed by atoms with Crippen molar-refractivity contribution in [3.8, 4) is 16.3 Å². The maximum atomic E-state index is 13.0. The molecule has 0 atom stereocenters. The van der Waals surface area contributed by atoms with Gasteiger partial charge in [-0.15, -0.1) is 11.3 Å². The van der Waals surface area contributed by atoms with Crippen LogP contribution in [0.3, 0.4) is 0 Å². The minimum absolute atomic E-state index is 0.0167. The molecule has 0 unspecified atom stereocenters. The third-order valence-corrected chi connectivity index (χ3v) is 5.93. The standard InChI is InChI=1S/C23H27N5O2S/c1-15(2)30-19-7-5-18(6-8-19)22-26-20(14-31-22)23(29)28-11-9-27(10-12-28)21-13-16(3)24-17(4)25-21/h5-8,13-15H,9-12H2,1-4H3. The predicted octanol–water partition coefficient (Wildman–Crippen LogP) is 3.97. The molecule has 0 radical (unpaired) electrons. The number of hydrogen-bond donors (Lipinski definition) is 0. The number of carbonyl (C=O) groups excluding carboxylic acids is 1. The van der Waals surface area contributed by atoms with E-state index in [0.717, 1.165) is 46.7 Å². The number of carbonyl (C=O) groups is 1. The summed E-state index contributed by atoms with van der Waals surface area (Å²) >= 11 is 1.49. The molecule has 1 aliphatic rings. The van der Waals surface area contributed by atoms with E-state index in [2.05, 4.69) is 19.9 Å². The lowest BCUT2D eigenvalue weighted by Gasteiger charge is -2.35. The van der Waals surface area contributed by atoms with Crippen LogP contribution in [-0.4, -0.2) is 58.0 Å². The quantitative estimate of drug-likeness (QED) is 0.602. The molecule has 1 fully saturated rings. The molecule has 0 aliphatic carbocycles. The molecule has 0 N–H and O–H groups in total. The van der Waals surface area contributed by atoms with Gasteiger partial charge >= 0.3 is 0 Å². The Bertz CT molecular complexity index is 1040. The molecule has 3 heterocycles. The first-order chi connectivity index (χ1) is 14.9. The second-order valence-electron chi connectivity index (χ2n) is 7.92. The molecule has 8 heteroatoms. The van der Waals surface area contributed by atoms with Gasteiger partial charge in [0.05, 0.1) is 6.10 Å². The summed E-state index contributed by atoms with van der Waals surface area (Å²) in [6.07, 6.45) is 0.137. The zero-order valence-corrected chi connectivity index (χ0v) is 19.1. The molecular weight excluding hydrogens is 410 g/mol. The lowest BCUT2D eigenvalue weighted by atomic mass is 10.2. The molecule has 0 saturated carbocycles. The lowest BCUT2D eigenvalue weighted by molar-refractivity contribution is 0.0741. The molecule has 4 rings (SSSR count). The number of ether oxygens (including phenoxy) is 1. The third-order valence-electron chi connectivity index (χ3n) is 5.04. The van der Waals surface area contributed by atoms with E-state index >= 15 is 0 Å². The van der Waals surface area contributed by atoms with Gasteiger partial charge in [0.2, 0.25) is 0 Å². The fourth-order valence-electron chi connectivity index (χ4n) is 3.61. The first kappa shape index (κ1) is 21.2. The van der Waals surface area contributed by atoms with Crippen molar-refractivity contribution in [3.63, 3.8) is 0 Å². The Balaban J connectivity index is 1.39. The van der Waals surface area contributed by atoms with E-state index in [1.165, 1.54) is 11.3 Å². The van der Waals surface area contributed by atoms with Gasteiger partial charge in [0.15, 0.2) is 0 Å². The maximum Gasteiger partial charge on any atom is 0.273 e. The Labute approximate surface area is 186 Å². The molecule has 31 heavy (non-hydrogen) atoms. The SMILES string of the molecule is Cc1cc(N2CCN(C(=O)c3csc(-c4ccc(OC(C)C)cc4)n3)CC2)nc(C)n1. The summed E-state index contributed by atoms with van der Waals surface area (Å²) in [4.78, 5) is 30.5. The van der Waals surface area contributed by atoms with Crippen molar-refractivity contribution in [2.45, 2.75) is 33.8 Å². The van der Waals surface area contributed by atoms with Crippen LogP contribution in [0, 0.1) is 13.8 Å². The zero-order chi connectivity index (χ0) is 22.0. The van der Waals surface area contributed by atoms with Crippen LogP contribution in [0.1, 0.15) is 35.9 Å². The minimum atomic E-state index is -0.0167. The second-order valence-corrected chi connectivity index (χ2v) is 8.78. The van der Waals surface area contributed by atoms with Crippen LogP contribution in [0.4, 0.5) is 5.82 Å². The van der Waals surface area contributed by atoms with Crippen LogP contribution in [0.5, 0.6) is 5.75 Å². The number of piperazine rings is 1. The Morgan fingerprint density at radius 1 is 1.03 bits per heavy atom. The number of anilines is 1. The van der Waals surface area contributed by atoms with Crippen LogP contribution in [0.2, 0.25) is 0 Å². The van der Waals surface area contributed by atoms with Crippen molar-refractivity contribution in [2.75, 3.05) is 31.1 Å². The summed E-state index contributed by atoms with van der Waals surface area (Å²) in [5.74, 6) is 2.51. The van der Waals surface area contributed by atoms with Gasteiger partial charge in [0.25, 0.3) is 5.91 Å². The van der Waals surface area contributed by atoms with Crippen molar-refractivity contribution in [3.05, 3.63) is 52.9 Å². The van der Waals surface area contributed by atoms with Gasteiger partial charge in [-0.3, -0.25) is 4.79 Å². The molecule has 0 bridgehead atoms. The van der Waals surface area contributed by atoms with Crippen LogP contribution in [0.25, 0.3) is 10.6 Å². The highest BCUT2D eigenvalue weighted by Crippen LogP contribution is 2.27. The first-order valence-corrected chi connectivity index (χ1v) is 11.4. The van der Waals surface area contributed by atoms with Crippen LogP contribution in [0.15, 0.2) is 35.7 Å². The smallest absolute Gasteiger partial charge is 0.273 e. The molecule has 1 aliphatic heterocycles. The number of rotatable bonds is 5. The van der Waals surface area contributed by atoms with E-state index < -0.39 is 0 Å². The number of thiazole rings is 1. The molecule has 1 amide bonds. The topological polar surface area (TPSA) is 71.5 Å². The molecule has 1 saturated heterocycles. The number of amides is 1. The van der Waals surface area contributed by atoms with Gasteiger partial charge in [-0.05, 0) is 52.0 Å². The highest BCUT2D eigenvalue weighted by molar-refractivity contribution is 7.13. The Hall–Kier alpha value is -3.00. The predicted molar refractivity (Wildman–Crippen MR) is 123 cm³/mol. The summed E-state index contributed by atoms with van der Waals surface area (Å²) in [5.41, 5.74) is 2.45. The van der Waals surface area contributed by atoms with E-state index in [0.29, 0.717) is 18.8 Å². The summed E-state index contributed by atoms with van der Waals surface area (Å²) in [6, 6.07) is 9.83. The average molecular weight is 438 g/mol. The van der Waals surface area contributed by atoms with E-state index in [1.54, 1.807) is 0 Å². The molecule has 3 aromatic rings. The third kappa shape index (κ3) is 5.02. The number of aromatic nitrogens is 3. The molecule has 2 aromatic heterocycles. The highest BCUT2D eigenvalue weighted by Gasteiger charge is 2.25. The Morgan fingerprint density at radius 2 is 1.74 bits per heavy atom. The van der Waals surface area contributed by atoms with Gasteiger partial charge < -0.3 is 14.5 Å². The molecular formula is C23H27N5O2S. The van der Waals surface area contributed by atoms with Crippen molar-refractivity contribution in [1.82, 2.24) is 19.9 Å². The van der Waals surface area contributed by atoms with Gasteiger partial charge in [0.1, 0.15) is 28.1 Å². The second kappa shape index (κ2) is 9.01. The van der Waals surface area contributed by atoms with E-state index in [1.807, 2.05) is 68.3 Å². The Morgan fingerprint density at radius 3 is 2.39 bits per heavy atom. The number of hydrogen-bond acceptors (Lipinski definition) is 7. The Kier molecular flexibility index (Phi) is 6.18. The van der Waals surface area contributed by atoms with E-state index in [9.17, 15) is 4.79 Å². The largest absolute Gasteiger partial charge is 0.491 e. The number of benzene rings is 1. The van der Waals surface area contributed by atoms with Crippen LogP contribution < -0.4 is 9.64 Å². The fraction of sp³-hybridized carbons (Fsp3) is 0.391. The van der Waals surface area contributed by atoms with Gasteiger partial charge in [-0.2, -0.15) is 0 Å². The molecule has 162 valence electrons. The van der Waals surface area contributed by atoms with Crippen molar-refractivity contribution >= 4 is 23.1 Å². The molecule has 0 spiro atoms. The van der Waals surface area contributed by atoms with Crippen LogP contribution >= 0.6 is 11.3 Å². The van der Waals surface area contributed by atoms with E-state index in [-0.39, 0.29) is 12.0 Å². The lowest BCUT2D eigenvalue weighted by Crippen LogP contribution is -2.49. The summed E-state index contributed by atoms with van der Waals surface area (Å²) in [7, 11) is 0. The minimum Gasteiger partial charge on any atom is -0.491 e. The highest BCUT2D eigenvalue weighted by atomic mass is 32.1. The van der Waals surface area contributed by atoms with Crippen LogP contribution in [-0.2, 0) is 0 Å².